The summed E-state index contributed by atoms with van der Waals surface area (Å²) in [6.07, 6.45) is 4.46. The van der Waals surface area contributed by atoms with Gasteiger partial charge >= 0.3 is 0 Å². The second-order valence-electron chi connectivity index (χ2n) is 5.90. The molecule has 0 bridgehead atoms. The first-order chi connectivity index (χ1) is 10.2. The van der Waals surface area contributed by atoms with E-state index >= 15 is 0 Å². The summed E-state index contributed by atoms with van der Waals surface area (Å²) in [5.41, 5.74) is 9.46. The fourth-order valence-corrected chi connectivity index (χ4v) is 3.43. The molecule has 0 aliphatic heterocycles. The third-order valence-corrected chi connectivity index (χ3v) is 4.71. The molecule has 3 N–H and O–H groups in total. The minimum absolute atomic E-state index is 0.0936. The van der Waals surface area contributed by atoms with E-state index < -0.39 is 0 Å². The molecule has 1 unspecified atom stereocenters. The van der Waals surface area contributed by atoms with Crippen LogP contribution in [-0.4, -0.2) is 0 Å². The third kappa shape index (κ3) is 3.13. The van der Waals surface area contributed by atoms with Crippen LogP contribution < -0.4 is 11.3 Å². The minimum atomic E-state index is 0.0936. The maximum Gasteiger partial charge on any atom is 0.0500 e. The van der Waals surface area contributed by atoms with Crippen LogP contribution in [0.25, 0.3) is 0 Å². The van der Waals surface area contributed by atoms with Crippen LogP contribution in [0.4, 0.5) is 0 Å². The third-order valence-electron chi connectivity index (χ3n) is 4.36. The summed E-state index contributed by atoms with van der Waals surface area (Å²) in [7, 11) is 0. The lowest BCUT2D eigenvalue weighted by molar-refractivity contribution is 0.551. The zero-order valence-electron chi connectivity index (χ0n) is 12.3. The molecule has 0 aromatic heterocycles. The van der Waals surface area contributed by atoms with Crippen LogP contribution >= 0.6 is 11.6 Å². The molecule has 21 heavy (non-hydrogen) atoms. The molecule has 0 amide bonds. The van der Waals surface area contributed by atoms with Crippen LogP contribution in [0.2, 0.25) is 5.02 Å². The number of benzene rings is 2. The predicted octanol–water partition coefficient (Wildman–Crippen LogP) is 3.88. The fraction of sp³-hybridized carbons (Fsp3) is 0.333. The van der Waals surface area contributed by atoms with Gasteiger partial charge in [-0.25, -0.2) is 0 Å². The molecule has 0 heterocycles. The molecule has 2 aromatic carbocycles. The van der Waals surface area contributed by atoms with Gasteiger partial charge in [0.15, 0.2) is 0 Å². The Kier molecular flexibility index (Phi) is 4.29. The number of rotatable bonds is 4. The van der Waals surface area contributed by atoms with Gasteiger partial charge in [-0.05, 0) is 66.5 Å². The Hall–Kier alpha value is -1.35. The van der Waals surface area contributed by atoms with E-state index in [0.717, 1.165) is 17.0 Å². The van der Waals surface area contributed by atoms with Gasteiger partial charge in [-0.2, -0.15) is 0 Å². The maximum atomic E-state index is 6.34. The first-order valence-electron chi connectivity index (χ1n) is 7.50. The molecule has 1 aliphatic rings. The average molecular weight is 301 g/mol. The Balaban J connectivity index is 1.85. The fourth-order valence-electron chi connectivity index (χ4n) is 3.12. The number of nitrogens with one attached hydrogen (secondary N) is 1. The van der Waals surface area contributed by atoms with Gasteiger partial charge in [0.2, 0.25) is 0 Å². The van der Waals surface area contributed by atoms with Crippen LogP contribution in [0.3, 0.4) is 0 Å². The lowest BCUT2D eigenvalue weighted by atomic mass is 9.96. The highest BCUT2D eigenvalue weighted by Gasteiger charge is 2.16. The molecule has 2 nitrogen and oxygen atoms in total. The lowest BCUT2D eigenvalue weighted by Crippen LogP contribution is -2.29. The van der Waals surface area contributed by atoms with Gasteiger partial charge < -0.3 is 0 Å². The number of aryl methyl sites for hydroxylation is 3. The largest absolute Gasteiger partial charge is 0.271 e. The maximum absolute atomic E-state index is 6.34. The lowest BCUT2D eigenvalue weighted by Gasteiger charge is -2.18. The minimum Gasteiger partial charge on any atom is -0.271 e. The molecular formula is C18H21ClN2. The summed E-state index contributed by atoms with van der Waals surface area (Å²) < 4.78 is 0. The van der Waals surface area contributed by atoms with Crippen molar-refractivity contribution in [3.63, 3.8) is 0 Å². The van der Waals surface area contributed by atoms with E-state index in [-0.39, 0.29) is 6.04 Å². The molecule has 1 atom stereocenters. The van der Waals surface area contributed by atoms with E-state index in [1.54, 1.807) is 0 Å². The Morgan fingerprint density at radius 1 is 1.14 bits per heavy atom. The Labute approximate surface area is 131 Å². The Morgan fingerprint density at radius 3 is 2.71 bits per heavy atom. The van der Waals surface area contributed by atoms with E-state index in [1.165, 1.54) is 41.5 Å². The molecular weight excluding hydrogens is 280 g/mol. The number of hydrogen-bond donors (Lipinski definition) is 2. The first-order valence-corrected chi connectivity index (χ1v) is 7.88. The molecule has 0 saturated heterocycles. The second kappa shape index (κ2) is 6.18. The smallest absolute Gasteiger partial charge is 0.0500 e. The molecule has 3 heteroatoms. The number of hydrogen-bond acceptors (Lipinski definition) is 2. The topological polar surface area (TPSA) is 38.0 Å². The number of fused-ring (bicyclic) bond motifs is 1. The monoisotopic (exact) mass is 300 g/mol. The standard InChI is InChI=1S/C18H21ClN2/c1-12-5-6-15(17(19)9-12)11-18(21-20)16-8-7-13-3-2-4-14(13)10-16/h5-10,18,21H,2-4,11,20H2,1H3. The molecule has 110 valence electrons. The molecule has 0 radical (unpaired) electrons. The van der Waals surface area contributed by atoms with Crippen molar-refractivity contribution in [1.82, 2.24) is 5.43 Å². The predicted molar refractivity (Wildman–Crippen MR) is 88.4 cm³/mol. The second-order valence-corrected chi connectivity index (χ2v) is 6.31. The average Bonchev–Trinajstić information content (AvgIpc) is 2.94. The highest BCUT2D eigenvalue weighted by atomic mass is 35.5. The van der Waals surface area contributed by atoms with Crippen molar-refractivity contribution in [3.8, 4) is 0 Å². The van der Waals surface area contributed by atoms with Crippen molar-refractivity contribution in [1.29, 1.82) is 0 Å². The molecule has 0 spiro atoms. The van der Waals surface area contributed by atoms with Gasteiger partial charge in [-0.15, -0.1) is 0 Å². The van der Waals surface area contributed by atoms with Gasteiger partial charge in [0.05, 0.1) is 6.04 Å². The van der Waals surface area contributed by atoms with Gasteiger partial charge in [0.25, 0.3) is 0 Å². The first kappa shape index (κ1) is 14.6. The van der Waals surface area contributed by atoms with Crippen molar-refractivity contribution in [2.75, 3.05) is 0 Å². The highest BCUT2D eigenvalue weighted by Crippen LogP contribution is 2.28. The van der Waals surface area contributed by atoms with Crippen LogP contribution in [-0.2, 0) is 19.3 Å². The summed E-state index contributed by atoms with van der Waals surface area (Å²) in [6, 6.07) is 13.0. The zero-order valence-corrected chi connectivity index (χ0v) is 13.1. The number of halogens is 1. The van der Waals surface area contributed by atoms with Gasteiger partial charge in [-0.3, -0.25) is 11.3 Å². The highest BCUT2D eigenvalue weighted by molar-refractivity contribution is 6.31. The summed E-state index contributed by atoms with van der Waals surface area (Å²) >= 11 is 6.34. The van der Waals surface area contributed by atoms with Crippen molar-refractivity contribution < 1.29 is 0 Å². The van der Waals surface area contributed by atoms with E-state index in [9.17, 15) is 0 Å². The molecule has 0 fully saturated rings. The number of nitrogens with two attached hydrogens (primary N) is 1. The molecule has 2 aromatic rings. The van der Waals surface area contributed by atoms with Crippen LogP contribution in [0.1, 0.15) is 40.3 Å². The van der Waals surface area contributed by atoms with Crippen molar-refractivity contribution >= 4 is 11.6 Å². The normalized spacial score (nSPS) is 15.0. The van der Waals surface area contributed by atoms with Gasteiger partial charge in [0.1, 0.15) is 0 Å². The zero-order chi connectivity index (χ0) is 14.8. The molecule has 1 aliphatic carbocycles. The van der Waals surface area contributed by atoms with E-state index in [1.807, 2.05) is 6.07 Å². The summed E-state index contributed by atoms with van der Waals surface area (Å²) in [6.45, 7) is 2.05. The summed E-state index contributed by atoms with van der Waals surface area (Å²) in [4.78, 5) is 0. The number of hydrazine groups is 1. The van der Waals surface area contributed by atoms with Gasteiger partial charge in [-0.1, -0.05) is 41.9 Å². The van der Waals surface area contributed by atoms with Gasteiger partial charge in [0, 0.05) is 5.02 Å². The SMILES string of the molecule is Cc1ccc(CC(NN)c2ccc3c(c2)CCC3)c(Cl)c1. The van der Waals surface area contributed by atoms with Crippen molar-refractivity contribution in [3.05, 3.63) is 69.2 Å². The van der Waals surface area contributed by atoms with E-state index in [4.69, 9.17) is 17.4 Å². The van der Waals surface area contributed by atoms with Crippen LogP contribution in [0.5, 0.6) is 0 Å². The van der Waals surface area contributed by atoms with E-state index in [0.29, 0.717) is 0 Å². The molecule has 0 saturated carbocycles. The van der Waals surface area contributed by atoms with Crippen molar-refractivity contribution in [2.24, 2.45) is 5.84 Å². The van der Waals surface area contributed by atoms with Crippen LogP contribution in [0, 0.1) is 6.92 Å². The Morgan fingerprint density at radius 2 is 1.95 bits per heavy atom. The van der Waals surface area contributed by atoms with E-state index in [2.05, 4.69) is 42.7 Å². The van der Waals surface area contributed by atoms with Crippen LogP contribution in [0.15, 0.2) is 36.4 Å². The summed E-state index contributed by atoms with van der Waals surface area (Å²) in [5, 5.41) is 0.816. The van der Waals surface area contributed by atoms with Crippen molar-refractivity contribution in [2.45, 2.75) is 38.6 Å². The Bertz CT molecular complexity index is 652. The molecule has 3 rings (SSSR count). The summed E-state index contributed by atoms with van der Waals surface area (Å²) in [5.74, 6) is 5.78. The quantitative estimate of drug-likeness (QED) is 0.664.